The minimum Gasteiger partial charge on any atom is -0.395 e. The van der Waals surface area contributed by atoms with Crippen molar-refractivity contribution in [1.29, 1.82) is 0 Å². The van der Waals surface area contributed by atoms with Crippen molar-refractivity contribution in [2.45, 2.75) is 19.1 Å². The third-order valence-electron chi connectivity index (χ3n) is 2.77. The number of hydrogen-bond acceptors (Lipinski definition) is 5. The van der Waals surface area contributed by atoms with Crippen molar-refractivity contribution in [3.8, 4) is 0 Å². The van der Waals surface area contributed by atoms with Crippen molar-refractivity contribution >= 4 is 23.4 Å². The van der Waals surface area contributed by atoms with Gasteiger partial charge in [-0.05, 0) is 13.0 Å². The highest BCUT2D eigenvalue weighted by atomic mass is 35.5. The highest BCUT2D eigenvalue weighted by Crippen LogP contribution is 2.20. The number of nitrogens with zero attached hydrogens (tertiary/aromatic N) is 2. The van der Waals surface area contributed by atoms with E-state index in [0.29, 0.717) is 13.1 Å². The molecule has 2 unspecified atom stereocenters. The summed E-state index contributed by atoms with van der Waals surface area (Å²) in [5.41, 5.74) is 0. The predicted molar refractivity (Wildman–Crippen MR) is 66.3 cm³/mol. The van der Waals surface area contributed by atoms with E-state index in [9.17, 15) is 14.9 Å². The van der Waals surface area contributed by atoms with Crippen molar-refractivity contribution < 1.29 is 18.9 Å². The van der Waals surface area contributed by atoms with E-state index in [0.717, 1.165) is 6.07 Å². The number of rotatable bonds is 3. The molecule has 1 saturated heterocycles. The Balaban J connectivity index is 2.11. The van der Waals surface area contributed by atoms with Gasteiger partial charge < -0.3 is 14.1 Å². The molecule has 1 aliphatic rings. The average Bonchev–Trinajstić information content (AvgIpc) is 2.86. The van der Waals surface area contributed by atoms with Crippen LogP contribution in [0.2, 0.25) is 0 Å². The van der Waals surface area contributed by atoms with E-state index in [1.807, 2.05) is 6.92 Å². The molecule has 0 N–H and O–H groups in total. The number of nitro groups is 1. The molecule has 2 heterocycles. The quantitative estimate of drug-likeness (QED) is 0.479. The first kappa shape index (κ1) is 13.8. The van der Waals surface area contributed by atoms with Crippen molar-refractivity contribution in [1.82, 2.24) is 4.90 Å². The van der Waals surface area contributed by atoms with Gasteiger partial charge in [0.05, 0.1) is 24.2 Å². The van der Waals surface area contributed by atoms with Crippen LogP contribution in [-0.2, 0) is 4.74 Å². The second kappa shape index (κ2) is 5.58. The lowest BCUT2D eigenvalue weighted by atomic mass is 10.2. The van der Waals surface area contributed by atoms with E-state index in [1.54, 1.807) is 0 Å². The van der Waals surface area contributed by atoms with Crippen LogP contribution in [0.15, 0.2) is 16.5 Å². The van der Waals surface area contributed by atoms with Crippen molar-refractivity contribution in [2.24, 2.45) is 0 Å². The molecule has 8 heteroatoms. The van der Waals surface area contributed by atoms with Crippen LogP contribution >= 0.6 is 11.6 Å². The van der Waals surface area contributed by atoms with Crippen LogP contribution in [0.25, 0.3) is 0 Å². The maximum Gasteiger partial charge on any atom is 0.433 e. The predicted octanol–water partition coefficient (Wildman–Crippen LogP) is 1.66. The van der Waals surface area contributed by atoms with Gasteiger partial charge in [0, 0.05) is 13.1 Å². The number of amides is 1. The number of halogens is 1. The second-order valence-electron chi connectivity index (χ2n) is 4.33. The molecule has 2 atom stereocenters. The fourth-order valence-electron chi connectivity index (χ4n) is 1.99. The van der Waals surface area contributed by atoms with E-state index in [-0.39, 0.29) is 23.8 Å². The van der Waals surface area contributed by atoms with Crippen LogP contribution in [0.1, 0.15) is 17.5 Å². The maximum absolute atomic E-state index is 12.2. The minimum absolute atomic E-state index is 0.0471. The van der Waals surface area contributed by atoms with E-state index < -0.39 is 16.7 Å². The lowest BCUT2D eigenvalue weighted by molar-refractivity contribution is -0.402. The van der Waals surface area contributed by atoms with E-state index >= 15 is 0 Å². The average molecular weight is 289 g/mol. The van der Waals surface area contributed by atoms with Crippen molar-refractivity contribution in [3.05, 3.63) is 28.0 Å². The molecule has 0 saturated carbocycles. The van der Waals surface area contributed by atoms with Gasteiger partial charge >= 0.3 is 5.88 Å². The molecule has 0 aliphatic carbocycles. The molecule has 1 aromatic rings. The molecule has 104 valence electrons. The van der Waals surface area contributed by atoms with E-state index in [4.69, 9.17) is 20.8 Å². The fraction of sp³-hybridized carbons (Fsp3) is 0.545. The lowest BCUT2D eigenvalue weighted by Crippen LogP contribution is -2.49. The molecule has 1 aromatic heterocycles. The SMILES string of the molecule is CC1CN(C(=O)c2ccc([N+](=O)[O-])o2)CC(CCl)O1. The Morgan fingerprint density at radius 3 is 2.89 bits per heavy atom. The van der Waals surface area contributed by atoms with Crippen LogP contribution in [0.4, 0.5) is 5.88 Å². The van der Waals surface area contributed by atoms with Crippen LogP contribution < -0.4 is 0 Å². The third kappa shape index (κ3) is 3.05. The molecular weight excluding hydrogens is 276 g/mol. The molecule has 0 aromatic carbocycles. The van der Waals surface area contributed by atoms with Crippen LogP contribution in [-0.4, -0.2) is 46.9 Å². The summed E-state index contributed by atoms with van der Waals surface area (Å²) in [6.07, 6.45) is -0.370. The number of hydrogen-bond donors (Lipinski definition) is 0. The molecule has 2 rings (SSSR count). The van der Waals surface area contributed by atoms with Crippen LogP contribution in [0.3, 0.4) is 0 Å². The Hall–Kier alpha value is -1.60. The number of ether oxygens (including phenoxy) is 1. The Morgan fingerprint density at radius 1 is 1.58 bits per heavy atom. The Labute approximate surface area is 114 Å². The van der Waals surface area contributed by atoms with Crippen LogP contribution in [0, 0.1) is 10.1 Å². The summed E-state index contributed by atoms with van der Waals surface area (Å²) in [6.45, 7) is 2.59. The van der Waals surface area contributed by atoms with Crippen molar-refractivity contribution in [3.63, 3.8) is 0 Å². The van der Waals surface area contributed by atoms with Gasteiger partial charge in [-0.3, -0.25) is 14.9 Å². The number of carbonyl (C=O) groups is 1. The lowest BCUT2D eigenvalue weighted by Gasteiger charge is -2.35. The van der Waals surface area contributed by atoms with Gasteiger partial charge in [0.25, 0.3) is 5.91 Å². The first-order valence-corrected chi connectivity index (χ1v) is 6.29. The highest BCUT2D eigenvalue weighted by molar-refractivity contribution is 6.18. The van der Waals surface area contributed by atoms with Crippen LogP contribution in [0.5, 0.6) is 0 Å². The molecule has 0 spiro atoms. The summed E-state index contributed by atoms with van der Waals surface area (Å²) in [6, 6.07) is 2.46. The molecule has 7 nitrogen and oxygen atoms in total. The zero-order valence-corrected chi connectivity index (χ0v) is 11.0. The maximum atomic E-state index is 12.2. The standard InChI is InChI=1S/C11H13ClN2O5/c1-7-5-13(6-8(4-12)18-7)11(15)9-2-3-10(19-9)14(16)17/h2-3,7-8H,4-6H2,1H3. The summed E-state index contributed by atoms with van der Waals surface area (Å²) in [5, 5.41) is 10.5. The van der Waals surface area contributed by atoms with Crippen molar-refractivity contribution in [2.75, 3.05) is 19.0 Å². The normalized spacial score (nSPS) is 23.4. The summed E-state index contributed by atoms with van der Waals surface area (Å²) >= 11 is 5.73. The third-order valence-corrected chi connectivity index (χ3v) is 3.11. The number of morpholine rings is 1. The zero-order chi connectivity index (χ0) is 14.0. The summed E-state index contributed by atoms with van der Waals surface area (Å²) in [4.78, 5) is 23.5. The number of carbonyl (C=O) groups excluding carboxylic acids is 1. The topological polar surface area (TPSA) is 85.8 Å². The first-order valence-electron chi connectivity index (χ1n) is 5.76. The van der Waals surface area contributed by atoms with Gasteiger partial charge in [-0.25, -0.2) is 0 Å². The summed E-state index contributed by atoms with van der Waals surface area (Å²) in [7, 11) is 0. The molecule has 1 fully saturated rings. The number of alkyl halides is 1. The van der Waals surface area contributed by atoms with Gasteiger partial charge in [0.15, 0.2) is 5.76 Å². The zero-order valence-electron chi connectivity index (χ0n) is 10.2. The van der Waals surface area contributed by atoms with Gasteiger partial charge in [-0.1, -0.05) is 0 Å². The summed E-state index contributed by atoms with van der Waals surface area (Å²) < 4.78 is 10.4. The molecule has 0 bridgehead atoms. The molecule has 1 aliphatic heterocycles. The van der Waals surface area contributed by atoms with E-state index in [1.165, 1.54) is 11.0 Å². The van der Waals surface area contributed by atoms with Gasteiger partial charge in [-0.15, -0.1) is 11.6 Å². The minimum atomic E-state index is -0.680. The molecular formula is C11H13ClN2O5. The smallest absolute Gasteiger partial charge is 0.395 e. The Morgan fingerprint density at radius 2 is 2.32 bits per heavy atom. The van der Waals surface area contributed by atoms with Gasteiger partial charge in [-0.2, -0.15) is 0 Å². The molecule has 1 amide bonds. The highest BCUT2D eigenvalue weighted by Gasteiger charge is 2.30. The van der Waals surface area contributed by atoms with E-state index in [2.05, 4.69) is 0 Å². The molecule has 0 radical (unpaired) electrons. The summed E-state index contributed by atoms with van der Waals surface area (Å²) in [5.74, 6) is -0.599. The van der Waals surface area contributed by atoms with Gasteiger partial charge in [0.1, 0.15) is 4.92 Å². The molecule has 19 heavy (non-hydrogen) atoms. The fourth-order valence-corrected chi connectivity index (χ4v) is 2.16. The first-order chi connectivity index (χ1) is 9.01. The van der Waals surface area contributed by atoms with Gasteiger partial charge in [0.2, 0.25) is 0 Å². The Kier molecular flexibility index (Phi) is 4.06. The number of furan rings is 1. The second-order valence-corrected chi connectivity index (χ2v) is 4.64. The largest absolute Gasteiger partial charge is 0.433 e. The monoisotopic (exact) mass is 288 g/mol. The Bertz CT molecular complexity index is 489.